The first-order valence-electron chi connectivity index (χ1n) is 9.50. The largest absolute Gasteiger partial charge is 0.450 e. The van der Waals surface area contributed by atoms with Gasteiger partial charge < -0.3 is 25.8 Å². The van der Waals surface area contributed by atoms with E-state index in [1.807, 2.05) is 31.3 Å². The molecule has 2 heterocycles. The summed E-state index contributed by atoms with van der Waals surface area (Å²) in [6.07, 6.45) is -0.575. The number of aliphatic hydroxyl groups excluding tert-OH is 1. The fraction of sp³-hybridized carbons (Fsp3) is 0.350. The van der Waals surface area contributed by atoms with E-state index in [9.17, 15) is 4.79 Å². The Morgan fingerprint density at radius 2 is 2.03 bits per heavy atom. The third kappa shape index (κ3) is 6.50. The Balaban J connectivity index is 0.00000101. The van der Waals surface area contributed by atoms with Gasteiger partial charge in [0.2, 0.25) is 0 Å². The number of aliphatic imine (C=N–C) groups is 1. The van der Waals surface area contributed by atoms with Gasteiger partial charge in [0.1, 0.15) is 11.5 Å². The van der Waals surface area contributed by atoms with Gasteiger partial charge in [-0.15, -0.1) is 0 Å². The number of anilines is 4. The molecule has 1 aromatic heterocycles. The molecule has 0 spiro atoms. The predicted octanol–water partition coefficient (Wildman–Crippen LogP) is 3.52. The van der Waals surface area contributed by atoms with E-state index in [-0.39, 0.29) is 19.0 Å². The molecule has 0 aliphatic carbocycles. The quantitative estimate of drug-likeness (QED) is 0.567. The van der Waals surface area contributed by atoms with Gasteiger partial charge in [0.05, 0.1) is 31.1 Å². The van der Waals surface area contributed by atoms with Crippen molar-refractivity contribution in [2.24, 2.45) is 4.99 Å². The number of nitrogens with one attached hydrogen (secondary N) is 2. The molecule has 0 radical (unpaired) electrons. The van der Waals surface area contributed by atoms with Crippen LogP contribution in [0.1, 0.15) is 13.8 Å². The topological polar surface area (TPSA) is 125 Å². The summed E-state index contributed by atoms with van der Waals surface area (Å²) in [5, 5.41) is 14.1. The molecule has 0 bridgehead atoms. The van der Waals surface area contributed by atoms with Crippen LogP contribution in [0.3, 0.4) is 0 Å². The number of aliphatic hydroxyl groups is 1. The van der Waals surface area contributed by atoms with E-state index in [1.165, 1.54) is 0 Å². The number of benzene rings is 1. The lowest BCUT2D eigenvalue weighted by molar-refractivity contribution is 0.168. The Morgan fingerprint density at radius 1 is 1.37 bits per heavy atom. The predicted molar refractivity (Wildman–Crippen MR) is 122 cm³/mol. The molecule has 9 nitrogen and oxygen atoms in total. The zero-order valence-electron chi connectivity index (χ0n) is 17.3. The van der Waals surface area contributed by atoms with Gasteiger partial charge in [0, 0.05) is 30.4 Å². The average molecular weight is 435 g/mol. The zero-order chi connectivity index (χ0) is 22.1. The lowest BCUT2D eigenvalue weighted by Gasteiger charge is -2.24. The zero-order valence-corrected chi connectivity index (χ0v) is 18.0. The van der Waals surface area contributed by atoms with Crippen LogP contribution < -0.4 is 21.3 Å². The highest BCUT2D eigenvalue weighted by Crippen LogP contribution is 2.35. The first-order valence-corrected chi connectivity index (χ1v) is 9.87. The van der Waals surface area contributed by atoms with Crippen molar-refractivity contribution >= 4 is 52.1 Å². The number of fused-ring (bicyclic) bond motifs is 1. The van der Waals surface area contributed by atoms with Crippen LogP contribution in [-0.4, -0.2) is 55.2 Å². The van der Waals surface area contributed by atoms with Crippen molar-refractivity contribution in [1.82, 2.24) is 4.98 Å². The number of nitrogens with two attached hydrogens (primary N) is 1. The lowest BCUT2D eigenvalue weighted by atomic mass is 10.2. The molecular weight excluding hydrogens is 408 g/mol. The molecule has 5 N–H and O–H groups in total. The Kier molecular flexibility index (Phi) is 8.70. The summed E-state index contributed by atoms with van der Waals surface area (Å²) in [5.41, 5.74) is 9.27. The van der Waals surface area contributed by atoms with Crippen LogP contribution >= 0.6 is 11.6 Å². The fourth-order valence-corrected chi connectivity index (χ4v) is 2.82. The summed E-state index contributed by atoms with van der Waals surface area (Å²) in [5.74, 6) is 0.548. The Labute approximate surface area is 180 Å². The second-order valence-corrected chi connectivity index (χ2v) is 6.75. The van der Waals surface area contributed by atoms with Gasteiger partial charge in [-0.2, -0.15) is 0 Å². The van der Waals surface area contributed by atoms with Crippen molar-refractivity contribution in [1.29, 1.82) is 0 Å². The molecule has 30 heavy (non-hydrogen) atoms. The van der Waals surface area contributed by atoms with Crippen LogP contribution in [0.5, 0.6) is 0 Å². The van der Waals surface area contributed by atoms with Gasteiger partial charge in [0.15, 0.2) is 5.82 Å². The van der Waals surface area contributed by atoms with Crippen LogP contribution in [0.2, 0.25) is 5.02 Å². The molecule has 3 rings (SSSR count). The van der Waals surface area contributed by atoms with E-state index in [2.05, 4.69) is 25.5 Å². The number of nitrogens with zero attached hydrogens (tertiary/aromatic N) is 3. The summed E-state index contributed by atoms with van der Waals surface area (Å²) in [4.78, 5) is 22.4. The van der Waals surface area contributed by atoms with E-state index >= 15 is 0 Å². The summed E-state index contributed by atoms with van der Waals surface area (Å²) in [6, 6.07) is 9.30. The van der Waals surface area contributed by atoms with Crippen LogP contribution in [0, 0.1) is 0 Å². The first-order chi connectivity index (χ1) is 14.4. The van der Waals surface area contributed by atoms with Gasteiger partial charge in [0.25, 0.3) is 0 Å². The number of hydrogen-bond donors (Lipinski definition) is 4. The lowest BCUT2D eigenvalue weighted by Crippen LogP contribution is -2.31. The minimum absolute atomic E-state index is 0.234. The fourth-order valence-electron chi connectivity index (χ4n) is 2.69. The third-order valence-electron chi connectivity index (χ3n) is 3.97. The number of amides is 1. The number of ether oxygens (including phenoxy) is 1. The monoisotopic (exact) mass is 434 g/mol. The number of hydrogen-bond acceptors (Lipinski definition) is 8. The summed E-state index contributed by atoms with van der Waals surface area (Å²) >= 11 is 5.94. The molecule has 0 saturated carbocycles. The number of aromatic nitrogens is 1. The van der Waals surface area contributed by atoms with Gasteiger partial charge in [-0.1, -0.05) is 11.6 Å². The molecule has 0 fully saturated rings. The summed E-state index contributed by atoms with van der Waals surface area (Å²) in [7, 11) is 1.98. The Hall–Kier alpha value is -3.04. The van der Waals surface area contributed by atoms with E-state index < -0.39 is 6.09 Å². The van der Waals surface area contributed by atoms with Gasteiger partial charge in [-0.25, -0.2) is 14.8 Å². The number of pyridine rings is 1. The molecule has 1 aliphatic heterocycles. The smallest absolute Gasteiger partial charge is 0.412 e. The number of carbonyl (C=O) groups is 1. The minimum Gasteiger partial charge on any atom is -0.450 e. The van der Waals surface area contributed by atoms with Crippen LogP contribution in [0.4, 0.5) is 33.5 Å². The SMILES string of the molecule is CCO.CCOC(=O)Nc1cc2c(c(N)n1)N=C(CN(C)c1ccc(Cl)cc1)CN2. The summed E-state index contributed by atoms with van der Waals surface area (Å²) in [6.45, 7) is 5.12. The molecule has 0 unspecified atom stereocenters. The van der Waals surface area contributed by atoms with E-state index in [4.69, 9.17) is 27.2 Å². The van der Waals surface area contributed by atoms with Crippen molar-refractivity contribution in [2.45, 2.75) is 13.8 Å². The number of carbonyl (C=O) groups excluding carboxylic acids is 1. The molecule has 10 heteroatoms. The molecule has 0 saturated heterocycles. The average Bonchev–Trinajstić information content (AvgIpc) is 2.70. The molecular formula is C20H27ClN6O3. The third-order valence-corrected chi connectivity index (χ3v) is 4.22. The highest BCUT2D eigenvalue weighted by atomic mass is 35.5. The normalized spacial score (nSPS) is 11.8. The highest BCUT2D eigenvalue weighted by Gasteiger charge is 2.18. The van der Waals surface area contributed by atoms with Gasteiger partial charge in [-0.3, -0.25) is 5.32 Å². The maximum atomic E-state index is 11.5. The maximum Gasteiger partial charge on any atom is 0.412 e. The maximum absolute atomic E-state index is 11.5. The minimum atomic E-state index is -0.575. The van der Waals surface area contributed by atoms with E-state index in [0.717, 1.165) is 11.4 Å². The van der Waals surface area contributed by atoms with Crippen molar-refractivity contribution in [3.05, 3.63) is 35.4 Å². The number of halogens is 1. The number of rotatable bonds is 5. The Morgan fingerprint density at radius 3 is 2.67 bits per heavy atom. The molecule has 0 atom stereocenters. The second-order valence-electron chi connectivity index (χ2n) is 6.31. The Bertz CT molecular complexity index is 889. The first kappa shape index (κ1) is 23.2. The van der Waals surface area contributed by atoms with Crippen molar-refractivity contribution in [3.8, 4) is 0 Å². The summed E-state index contributed by atoms with van der Waals surface area (Å²) < 4.78 is 4.85. The molecule has 162 valence electrons. The second kappa shape index (κ2) is 11.2. The van der Waals surface area contributed by atoms with Crippen molar-refractivity contribution in [2.75, 3.05) is 54.6 Å². The van der Waals surface area contributed by atoms with E-state index in [1.54, 1.807) is 19.9 Å². The molecule has 2 aromatic rings. The van der Waals surface area contributed by atoms with Crippen molar-refractivity contribution in [3.63, 3.8) is 0 Å². The number of nitrogen functional groups attached to an aromatic ring is 1. The van der Waals surface area contributed by atoms with E-state index in [0.29, 0.717) is 35.3 Å². The van der Waals surface area contributed by atoms with Crippen molar-refractivity contribution < 1.29 is 14.6 Å². The van der Waals surface area contributed by atoms with Crippen LogP contribution in [0.25, 0.3) is 0 Å². The van der Waals surface area contributed by atoms with Crippen LogP contribution in [0.15, 0.2) is 35.3 Å². The van der Waals surface area contributed by atoms with Crippen LogP contribution in [-0.2, 0) is 4.74 Å². The molecule has 1 amide bonds. The molecule has 1 aliphatic rings. The standard InChI is InChI=1S/C18H21ClN6O2.C2H6O/c1-3-27-18(26)24-15-8-14-16(17(20)23-15)22-12(9-21-14)10-25(2)13-6-4-11(19)5-7-13;1-2-3/h4-8,21H,3,9-10H2,1-2H3,(H3,20,23,24,26);3H,2H2,1H3. The van der Waals surface area contributed by atoms with Gasteiger partial charge in [-0.05, 0) is 38.1 Å². The molecule has 1 aromatic carbocycles. The highest BCUT2D eigenvalue weighted by molar-refractivity contribution is 6.30. The van der Waals surface area contributed by atoms with Gasteiger partial charge >= 0.3 is 6.09 Å².